The zero-order chi connectivity index (χ0) is 14.5. The van der Waals surface area contributed by atoms with Crippen molar-refractivity contribution in [2.45, 2.75) is 20.3 Å². The number of amides is 2. The fourth-order valence-corrected chi connectivity index (χ4v) is 1.70. The molecule has 108 valence electrons. The minimum Gasteiger partial charge on any atom is -0.454 e. The lowest BCUT2D eigenvalue weighted by Gasteiger charge is -2.08. The van der Waals surface area contributed by atoms with Crippen LogP contribution in [0.3, 0.4) is 0 Å². The molecule has 2 amide bonds. The predicted molar refractivity (Wildman–Crippen MR) is 73.7 cm³/mol. The van der Waals surface area contributed by atoms with Gasteiger partial charge in [0.25, 0.3) is 0 Å². The van der Waals surface area contributed by atoms with E-state index in [-0.39, 0.29) is 30.9 Å². The number of carbonyl (C=O) groups is 2. The Morgan fingerprint density at radius 1 is 1.25 bits per heavy atom. The Bertz CT molecular complexity index is 514. The van der Waals surface area contributed by atoms with Gasteiger partial charge in [0.05, 0.1) is 0 Å². The van der Waals surface area contributed by atoms with Crippen LogP contribution in [0.5, 0.6) is 11.5 Å². The minimum absolute atomic E-state index is 0.0547. The highest BCUT2D eigenvalue weighted by molar-refractivity contribution is 5.91. The maximum absolute atomic E-state index is 11.7. The molecule has 1 aliphatic heterocycles. The summed E-state index contributed by atoms with van der Waals surface area (Å²) in [6.45, 7) is 4.14. The summed E-state index contributed by atoms with van der Waals surface area (Å²) in [4.78, 5) is 23.1. The number of ether oxygens (including phenoxy) is 2. The molecule has 0 unspecified atom stereocenters. The van der Waals surface area contributed by atoms with E-state index in [0.717, 1.165) is 0 Å². The molecule has 2 rings (SSSR count). The van der Waals surface area contributed by atoms with E-state index in [1.807, 2.05) is 13.8 Å². The van der Waals surface area contributed by atoms with Crippen LogP contribution < -0.4 is 20.1 Å². The van der Waals surface area contributed by atoms with E-state index in [2.05, 4.69) is 10.6 Å². The SMILES string of the molecule is CC(C)C(=O)NCCC(=O)Nc1ccc2c(c1)OCO2. The van der Waals surface area contributed by atoms with Gasteiger partial charge in [0, 0.05) is 30.6 Å². The smallest absolute Gasteiger partial charge is 0.231 e. The zero-order valence-corrected chi connectivity index (χ0v) is 11.6. The number of benzene rings is 1. The number of carbonyl (C=O) groups excluding carboxylic acids is 2. The Balaban J connectivity index is 1.78. The molecule has 0 radical (unpaired) electrons. The van der Waals surface area contributed by atoms with Crippen LogP contribution in [0.2, 0.25) is 0 Å². The van der Waals surface area contributed by atoms with Crippen LogP contribution in [0, 0.1) is 5.92 Å². The van der Waals surface area contributed by atoms with E-state index in [1.54, 1.807) is 18.2 Å². The van der Waals surface area contributed by atoms with Gasteiger partial charge in [-0.05, 0) is 12.1 Å². The highest BCUT2D eigenvalue weighted by Crippen LogP contribution is 2.34. The molecular formula is C14H18N2O4. The Labute approximate surface area is 117 Å². The maximum Gasteiger partial charge on any atom is 0.231 e. The zero-order valence-electron chi connectivity index (χ0n) is 11.6. The molecule has 2 N–H and O–H groups in total. The van der Waals surface area contributed by atoms with E-state index in [4.69, 9.17) is 9.47 Å². The summed E-state index contributed by atoms with van der Waals surface area (Å²) in [5.74, 6) is 1.00. The van der Waals surface area contributed by atoms with Gasteiger partial charge in [-0.3, -0.25) is 9.59 Å². The molecule has 0 spiro atoms. The molecule has 0 saturated carbocycles. The van der Waals surface area contributed by atoms with Crippen LogP contribution in [-0.4, -0.2) is 25.2 Å². The summed E-state index contributed by atoms with van der Waals surface area (Å²) < 4.78 is 10.4. The quantitative estimate of drug-likeness (QED) is 0.856. The third kappa shape index (κ3) is 3.63. The predicted octanol–water partition coefficient (Wildman–Crippen LogP) is 1.52. The minimum atomic E-state index is -0.159. The second-order valence-corrected chi connectivity index (χ2v) is 4.81. The molecule has 0 saturated heterocycles. The van der Waals surface area contributed by atoms with Crippen LogP contribution in [-0.2, 0) is 9.59 Å². The molecule has 1 aromatic rings. The first-order chi connectivity index (χ1) is 9.56. The average molecular weight is 278 g/mol. The number of hydrogen-bond acceptors (Lipinski definition) is 4. The van der Waals surface area contributed by atoms with Crippen molar-refractivity contribution in [2.75, 3.05) is 18.7 Å². The van der Waals surface area contributed by atoms with Gasteiger partial charge in [0.15, 0.2) is 11.5 Å². The number of hydrogen-bond donors (Lipinski definition) is 2. The third-order valence-electron chi connectivity index (χ3n) is 2.83. The van der Waals surface area contributed by atoms with Gasteiger partial charge in [-0.25, -0.2) is 0 Å². The molecule has 0 fully saturated rings. The molecular weight excluding hydrogens is 260 g/mol. The van der Waals surface area contributed by atoms with E-state index in [0.29, 0.717) is 23.7 Å². The highest BCUT2D eigenvalue weighted by Gasteiger charge is 2.14. The molecule has 6 heteroatoms. The summed E-state index contributed by atoms with van der Waals surface area (Å²) in [6, 6.07) is 5.21. The van der Waals surface area contributed by atoms with Crippen molar-refractivity contribution in [3.8, 4) is 11.5 Å². The first kappa shape index (κ1) is 14.2. The summed E-state index contributed by atoms with van der Waals surface area (Å²) in [6.07, 6.45) is 0.229. The summed E-state index contributed by atoms with van der Waals surface area (Å²) in [5.41, 5.74) is 0.648. The first-order valence-corrected chi connectivity index (χ1v) is 6.53. The standard InChI is InChI=1S/C14H18N2O4/c1-9(2)14(18)15-6-5-13(17)16-10-3-4-11-12(7-10)20-8-19-11/h3-4,7,9H,5-6,8H2,1-2H3,(H,15,18)(H,16,17). The molecule has 0 aliphatic carbocycles. The Morgan fingerprint density at radius 2 is 2.00 bits per heavy atom. The monoisotopic (exact) mass is 278 g/mol. The first-order valence-electron chi connectivity index (χ1n) is 6.53. The maximum atomic E-state index is 11.7. The van der Waals surface area contributed by atoms with Crippen molar-refractivity contribution < 1.29 is 19.1 Å². The second-order valence-electron chi connectivity index (χ2n) is 4.81. The number of anilines is 1. The second kappa shape index (κ2) is 6.27. The fraction of sp³-hybridized carbons (Fsp3) is 0.429. The van der Waals surface area contributed by atoms with Gasteiger partial charge in [-0.1, -0.05) is 13.8 Å². The molecule has 0 aromatic heterocycles. The van der Waals surface area contributed by atoms with Crippen molar-refractivity contribution in [1.29, 1.82) is 0 Å². The average Bonchev–Trinajstić information content (AvgIpc) is 2.85. The van der Waals surface area contributed by atoms with Gasteiger partial charge in [-0.15, -0.1) is 0 Å². The molecule has 1 aromatic carbocycles. The van der Waals surface area contributed by atoms with Crippen LogP contribution >= 0.6 is 0 Å². The molecule has 1 aliphatic rings. The number of rotatable bonds is 5. The van der Waals surface area contributed by atoms with Gasteiger partial charge < -0.3 is 20.1 Å². The lowest BCUT2D eigenvalue weighted by molar-refractivity contribution is -0.124. The normalized spacial score (nSPS) is 12.3. The van der Waals surface area contributed by atoms with Crippen LogP contribution in [0.25, 0.3) is 0 Å². The van der Waals surface area contributed by atoms with E-state index < -0.39 is 0 Å². The van der Waals surface area contributed by atoms with Crippen LogP contribution in [0.15, 0.2) is 18.2 Å². The lowest BCUT2D eigenvalue weighted by atomic mass is 10.2. The van der Waals surface area contributed by atoms with Gasteiger partial charge in [0.1, 0.15) is 0 Å². The third-order valence-corrected chi connectivity index (χ3v) is 2.83. The molecule has 0 atom stereocenters. The highest BCUT2D eigenvalue weighted by atomic mass is 16.7. The van der Waals surface area contributed by atoms with Crippen molar-refractivity contribution in [2.24, 2.45) is 5.92 Å². The van der Waals surface area contributed by atoms with E-state index in [9.17, 15) is 9.59 Å². The van der Waals surface area contributed by atoms with Gasteiger partial charge >= 0.3 is 0 Å². The van der Waals surface area contributed by atoms with Crippen LogP contribution in [0.1, 0.15) is 20.3 Å². The van der Waals surface area contributed by atoms with E-state index >= 15 is 0 Å². The van der Waals surface area contributed by atoms with Crippen molar-refractivity contribution in [3.05, 3.63) is 18.2 Å². The molecule has 6 nitrogen and oxygen atoms in total. The van der Waals surface area contributed by atoms with Gasteiger partial charge in [0.2, 0.25) is 18.6 Å². The molecule has 20 heavy (non-hydrogen) atoms. The van der Waals surface area contributed by atoms with Crippen molar-refractivity contribution in [3.63, 3.8) is 0 Å². The van der Waals surface area contributed by atoms with Crippen LogP contribution in [0.4, 0.5) is 5.69 Å². The largest absolute Gasteiger partial charge is 0.454 e. The Kier molecular flexibility index (Phi) is 4.45. The summed E-state index contributed by atoms with van der Waals surface area (Å²) in [7, 11) is 0. The number of nitrogens with one attached hydrogen (secondary N) is 2. The van der Waals surface area contributed by atoms with E-state index in [1.165, 1.54) is 0 Å². The summed E-state index contributed by atoms with van der Waals surface area (Å²) >= 11 is 0. The summed E-state index contributed by atoms with van der Waals surface area (Å²) in [5, 5.41) is 5.44. The molecule has 1 heterocycles. The van der Waals surface area contributed by atoms with Crippen molar-refractivity contribution in [1.82, 2.24) is 5.32 Å². The fourth-order valence-electron chi connectivity index (χ4n) is 1.70. The van der Waals surface area contributed by atoms with Crippen molar-refractivity contribution >= 4 is 17.5 Å². The lowest BCUT2D eigenvalue weighted by Crippen LogP contribution is -2.30. The Hall–Kier alpha value is -2.24. The number of fused-ring (bicyclic) bond motifs is 1. The van der Waals surface area contributed by atoms with Gasteiger partial charge in [-0.2, -0.15) is 0 Å². The molecule has 0 bridgehead atoms. The Morgan fingerprint density at radius 3 is 2.75 bits per heavy atom. The topological polar surface area (TPSA) is 76.7 Å².